The van der Waals surface area contributed by atoms with Crippen LogP contribution in [0.1, 0.15) is 24.6 Å². The molecule has 4 rings (SSSR count). The molecule has 0 atom stereocenters. The largest absolute Gasteiger partial charge is 0.497 e. The minimum Gasteiger partial charge on any atom is -0.497 e. The minimum absolute atomic E-state index is 0.00200. The van der Waals surface area contributed by atoms with E-state index in [1.165, 1.54) is 26.6 Å². The molecule has 0 aliphatic heterocycles. The normalized spacial score (nSPS) is 11.5. The van der Waals surface area contributed by atoms with Gasteiger partial charge in [0.2, 0.25) is 0 Å². The number of rotatable bonds is 9. The highest BCUT2D eigenvalue weighted by atomic mass is 32.2. The molecule has 2 aromatic heterocycles. The summed E-state index contributed by atoms with van der Waals surface area (Å²) >= 11 is 1.54. The van der Waals surface area contributed by atoms with Crippen molar-refractivity contribution in [1.82, 2.24) is 19.6 Å². The van der Waals surface area contributed by atoms with E-state index in [1.54, 1.807) is 40.5 Å². The molecule has 11 heteroatoms. The first-order valence-corrected chi connectivity index (χ1v) is 12.9. The second kappa shape index (κ2) is 9.90. The number of anilines is 1. The summed E-state index contributed by atoms with van der Waals surface area (Å²) in [6.07, 6.45) is 3.34. The molecule has 0 unspecified atom stereocenters. The number of ether oxygens (including phenoxy) is 2. The second-order valence-electron chi connectivity index (χ2n) is 7.45. The molecule has 34 heavy (non-hydrogen) atoms. The molecule has 178 valence electrons. The summed E-state index contributed by atoms with van der Waals surface area (Å²) in [5.74, 6) is 1.20. The smallest absolute Gasteiger partial charge is 0.265 e. The van der Waals surface area contributed by atoms with Crippen molar-refractivity contribution < 1.29 is 17.9 Å². The van der Waals surface area contributed by atoms with Crippen molar-refractivity contribution in [3.63, 3.8) is 0 Å². The Bertz CT molecular complexity index is 1420. The van der Waals surface area contributed by atoms with E-state index in [2.05, 4.69) is 26.7 Å². The maximum atomic E-state index is 13.0. The summed E-state index contributed by atoms with van der Waals surface area (Å²) in [5, 5.41) is 5.29. The number of fused-ring (bicyclic) bond motifs is 1. The third kappa shape index (κ3) is 4.80. The Labute approximate surface area is 202 Å². The molecule has 0 amide bonds. The molecule has 0 fully saturated rings. The van der Waals surface area contributed by atoms with E-state index in [4.69, 9.17) is 9.47 Å². The summed E-state index contributed by atoms with van der Waals surface area (Å²) in [5.41, 5.74) is 2.49. The van der Waals surface area contributed by atoms with Gasteiger partial charge in [-0.25, -0.2) is 13.4 Å². The van der Waals surface area contributed by atoms with Gasteiger partial charge in [0.1, 0.15) is 27.7 Å². The van der Waals surface area contributed by atoms with Crippen molar-refractivity contribution in [1.29, 1.82) is 0 Å². The molecular weight excluding hydrogens is 474 g/mol. The highest BCUT2D eigenvalue weighted by Gasteiger charge is 2.21. The SMILES string of the molecule is CCCc1c(C)nc2ncnn2c1Sc1ccc(NS(=O)(=O)c2cc(OC)ccc2OC)cc1. The molecular formula is C23H25N5O4S2. The van der Waals surface area contributed by atoms with Crippen LogP contribution >= 0.6 is 11.8 Å². The quantitative estimate of drug-likeness (QED) is 0.339. The standard InChI is InChI=1S/C23H25N5O4S2/c1-5-6-19-15(2)26-23-24-14-25-28(23)22(19)33-18-10-7-16(8-11-18)27-34(29,30)21-13-17(31-3)9-12-20(21)32-4/h7-14,27H,5-6H2,1-4H3. The van der Waals surface area contributed by atoms with E-state index in [9.17, 15) is 8.42 Å². The number of aromatic nitrogens is 4. The third-order valence-corrected chi connectivity index (χ3v) is 7.69. The van der Waals surface area contributed by atoms with Gasteiger partial charge in [0.25, 0.3) is 15.8 Å². The average molecular weight is 500 g/mol. The number of aryl methyl sites for hydroxylation is 1. The molecule has 2 heterocycles. The lowest BCUT2D eigenvalue weighted by atomic mass is 10.1. The lowest BCUT2D eigenvalue weighted by Gasteiger charge is -2.14. The van der Waals surface area contributed by atoms with Crippen molar-refractivity contribution in [2.24, 2.45) is 0 Å². The van der Waals surface area contributed by atoms with Crippen molar-refractivity contribution in [3.05, 3.63) is 60.0 Å². The monoisotopic (exact) mass is 499 g/mol. The number of hydrogen-bond donors (Lipinski definition) is 1. The lowest BCUT2D eigenvalue weighted by molar-refractivity contribution is 0.392. The van der Waals surface area contributed by atoms with E-state index in [0.717, 1.165) is 34.0 Å². The van der Waals surface area contributed by atoms with Gasteiger partial charge in [0.15, 0.2) is 0 Å². The number of nitrogens with zero attached hydrogens (tertiary/aromatic N) is 4. The van der Waals surface area contributed by atoms with Crippen LogP contribution in [0, 0.1) is 6.92 Å². The zero-order valence-electron chi connectivity index (χ0n) is 19.3. The number of nitrogens with one attached hydrogen (secondary N) is 1. The number of sulfonamides is 1. The van der Waals surface area contributed by atoms with Gasteiger partial charge in [-0.05, 0) is 49.7 Å². The maximum absolute atomic E-state index is 13.0. The van der Waals surface area contributed by atoms with Gasteiger partial charge in [-0.1, -0.05) is 25.1 Å². The maximum Gasteiger partial charge on any atom is 0.265 e. The second-order valence-corrected chi connectivity index (χ2v) is 10.2. The fourth-order valence-electron chi connectivity index (χ4n) is 3.50. The summed E-state index contributed by atoms with van der Waals surface area (Å²) in [7, 11) is -0.993. The van der Waals surface area contributed by atoms with Crippen molar-refractivity contribution in [3.8, 4) is 11.5 Å². The first-order valence-electron chi connectivity index (χ1n) is 10.6. The average Bonchev–Trinajstić information content (AvgIpc) is 3.30. The molecule has 0 spiro atoms. The van der Waals surface area contributed by atoms with Crippen LogP contribution in [-0.2, 0) is 16.4 Å². The van der Waals surface area contributed by atoms with Crippen molar-refractivity contribution in [2.75, 3.05) is 18.9 Å². The van der Waals surface area contributed by atoms with Gasteiger partial charge in [-0.15, -0.1) is 0 Å². The van der Waals surface area contributed by atoms with Crippen LogP contribution in [0.3, 0.4) is 0 Å². The Hall–Kier alpha value is -3.31. The van der Waals surface area contributed by atoms with E-state index < -0.39 is 10.0 Å². The van der Waals surface area contributed by atoms with Crippen LogP contribution in [0.4, 0.5) is 5.69 Å². The van der Waals surface area contributed by atoms with Crippen LogP contribution < -0.4 is 14.2 Å². The van der Waals surface area contributed by atoms with Crippen molar-refractivity contribution in [2.45, 2.75) is 41.5 Å². The summed E-state index contributed by atoms with van der Waals surface area (Å²) in [6, 6.07) is 11.8. The Morgan fingerprint density at radius 2 is 1.85 bits per heavy atom. The fraction of sp³-hybridized carbons (Fsp3) is 0.261. The Kier molecular flexibility index (Phi) is 6.94. The highest BCUT2D eigenvalue weighted by Crippen LogP contribution is 2.34. The Morgan fingerprint density at radius 3 is 2.53 bits per heavy atom. The zero-order valence-corrected chi connectivity index (χ0v) is 20.9. The van der Waals surface area contributed by atoms with E-state index in [1.807, 2.05) is 19.1 Å². The first kappa shape index (κ1) is 23.8. The lowest BCUT2D eigenvalue weighted by Crippen LogP contribution is -2.14. The van der Waals surface area contributed by atoms with Gasteiger partial charge in [-0.2, -0.15) is 14.6 Å². The summed E-state index contributed by atoms with van der Waals surface area (Å²) < 4.78 is 40.8. The molecule has 9 nitrogen and oxygen atoms in total. The molecule has 0 saturated carbocycles. The fourth-order valence-corrected chi connectivity index (χ4v) is 5.83. The predicted octanol–water partition coefficient (Wildman–Crippen LogP) is 4.35. The minimum atomic E-state index is -3.89. The van der Waals surface area contributed by atoms with Gasteiger partial charge >= 0.3 is 0 Å². The molecule has 1 N–H and O–H groups in total. The third-order valence-electron chi connectivity index (χ3n) is 5.17. The molecule has 0 aliphatic rings. The highest BCUT2D eigenvalue weighted by molar-refractivity contribution is 7.99. The zero-order chi connectivity index (χ0) is 24.3. The molecule has 0 aliphatic carbocycles. The Morgan fingerprint density at radius 1 is 1.09 bits per heavy atom. The van der Waals surface area contributed by atoms with Crippen LogP contribution in [0.2, 0.25) is 0 Å². The first-order chi connectivity index (χ1) is 16.4. The molecule has 0 bridgehead atoms. The van der Waals surface area contributed by atoms with Crippen LogP contribution in [0.15, 0.2) is 63.6 Å². The van der Waals surface area contributed by atoms with Gasteiger partial charge < -0.3 is 9.47 Å². The van der Waals surface area contributed by atoms with Gasteiger partial charge in [0, 0.05) is 27.9 Å². The summed E-state index contributed by atoms with van der Waals surface area (Å²) in [4.78, 5) is 9.70. The molecule has 0 saturated heterocycles. The number of hydrogen-bond acceptors (Lipinski definition) is 8. The molecule has 4 aromatic rings. The topological polar surface area (TPSA) is 108 Å². The van der Waals surface area contributed by atoms with E-state index in [0.29, 0.717) is 17.2 Å². The molecule has 0 radical (unpaired) electrons. The van der Waals surface area contributed by atoms with Gasteiger partial charge in [-0.3, -0.25) is 4.72 Å². The van der Waals surface area contributed by atoms with Crippen LogP contribution in [0.5, 0.6) is 11.5 Å². The molecule has 2 aromatic carbocycles. The van der Waals surface area contributed by atoms with E-state index in [-0.39, 0.29) is 10.6 Å². The van der Waals surface area contributed by atoms with Crippen LogP contribution in [0.25, 0.3) is 5.78 Å². The summed E-state index contributed by atoms with van der Waals surface area (Å²) in [6.45, 7) is 4.10. The number of methoxy groups -OCH3 is 2. The Balaban J connectivity index is 1.61. The van der Waals surface area contributed by atoms with Crippen molar-refractivity contribution >= 4 is 33.3 Å². The number of benzene rings is 2. The van der Waals surface area contributed by atoms with Gasteiger partial charge in [0.05, 0.1) is 14.2 Å². The predicted molar refractivity (Wildman–Crippen MR) is 130 cm³/mol. The van der Waals surface area contributed by atoms with E-state index >= 15 is 0 Å². The van der Waals surface area contributed by atoms with Crippen LogP contribution in [-0.4, -0.2) is 42.2 Å².